The second-order valence-electron chi connectivity index (χ2n) is 4.05. The second-order valence-corrected chi connectivity index (χ2v) is 4.71. The van der Waals surface area contributed by atoms with E-state index in [1.807, 2.05) is 25.5 Å². The molecule has 2 heterocycles. The van der Waals surface area contributed by atoms with Crippen LogP contribution in [0.4, 0.5) is 0 Å². The van der Waals surface area contributed by atoms with E-state index in [0.29, 0.717) is 12.4 Å². The summed E-state index contributed by atoms with van der Waals surface area (Å²) in [6.07, 6.45) is 0. The van der Waals surface area contributed by atoms with Gasteiger partial charge in [0.15, 0.2) is 5.82 Å². The number of hydrogen-bond acceptors (Lipinski definition) is 4. The Kier molecular flexibility index (Phi) is 3.15. The Morgan fingerprint density at radius 1 is 1.29 bits per heavy atom. The molecule has 7 heteroatoms. The molecule has 0 spiro atoms. The average Bonchev–Trinajstić information content (AvgIpc) is 2.73. The van der Waals surface area contributed by atoms with Crippen molar-refractivity contribution in [3.63, 3.8) is 0 Å². The first-order valence-electron chi connectivity index (χ1n) is 5.40. The molecular weight excluding hydrogens is 240 g/mol. The van der Waals surface area contributed by atoms with Crippen LogP contribution in [0.5, 0.6) is 0 Å². The molecule has 1 unspecified atom stereocenters. The van der Waals surface area contributed by atoms with Gasteiger partial charge in [0.2, 0.25) is 0 Å². The molecule has 6 nitrogen and oxygen atoms in total. The molecule has 2 rings (SSSR count). The van der Waals surface area contributed by atoms with Gasteiger partial charge in [0, 0.05) is 11.3 Å². The molecule has 92 valence electrons. The lowest BCUT2D eigenvalue weighted by Crippen LogP contribution is -2.06. The Bertz CT molecular complexity index is 527. The van der Waals surface area contributed by atoms with E-state index in [9.17, 15) is 0 Å². The van der Waals surface area contributed by atoms with Gasteiger partial charge in [-0.3, -0.25) is 4.68 Å². The largest absolute Gasteiger partial charge is 0.261 e. The van der Waals surface area contributed by atoms with E-state index >= 15 is 0 Å². The fourth-order valence-corrected chi connectivity index (χ4v) is 2.28. The minimum atomic E-state index is -0.0430. The highest BCUT2D eigenvalue weighted by atomic mass is 35.5. The third kappa shape index (κ3) is 2.31. The first-order chi connectivity index (χ1) is 7.99. The lowest BCUT2D eigenvalue weighted by Gasteiger charge is -2.04. The zero-order valence-electron chi connectivity index (χ0n) is 10.3. The highest BCUT2D eigenvalue weighted by molar-refractivity contribution is 6.20. The molecule has 0 fully saturated rings. The summed E-state index contributed by atoms with van der Waals surface area (Å²) in [7, 11) is 1.74. The average molecular weight is 255 g/mol. The van der Waals surface area contributed by atoms with E-state index in [-0.39, 0.29) is 5.38 Å². The number of hydrogen-bond donors (Lipinski definition) is 0. The third-order valence-electron chi connectivity index (χ3n) is 2.68. The first-order valence-corrected chi connectivity index (χ1v) is 5.83. The summed E-state index contributed by atoms with van der Waals surface area (Å²) in [5, 5.41) is 16.3. The van der Waals surface area contributed by atoms with Crippen LogP contribution in [0.1, 0.15) is 35.1 Å². The quantitative estimate of drug-likeness (QED) is 0.777. The molecule has 2 aromatic rings. The molecule has 2 aromatic heterocycles. The van der Waals surface area contributed by atoms with Crippen LogP contribution < -0.4 is 0 Å². The topological polar surface area (TPSA) is 61.4 Å². The van der Waals surface area contributed by atoms with E-state index in [1.54, 1.807) is 7.05 Å². The molecule has 17 heavy (non-hydrogen) atoms. The van der Waals surface area contributed by atoms with Crippen LogP contribution >= 0.6 is 11.6 Å². The van der Waals surface area contributed by atoms with E-state index in [1.165, 1.54) is 4.80 Å². The van der Waals surface area contributed by atoms with Gasteiger partial charge in [-0.2, -0.15) is 9.90 Å². The van der Waals surface area contributed by atoms with Gasteiger partial charge in [-0.15, -0.1) is 21.8 Å². The lowest BCUT2D eigenvalue weighted by atomic mass is 10.1. The number of aromatic nitrogens is 6. The van der Waals surface area contributed by atoms with Gasteiger partial charge in [0.1, 0.15) is 6.54 Å². The Morgan fingerprint density at radius 3 is 2.47 bits per heavy atom. The molecule has 1 atom stereocenters. The monoisotopic (exact) mass is 254 g/mol. The zero-order valence-corrected chi connectivity index (χ0v) is 11.1. The second kappa shape index (κ2) is 4.44. The van der Waals surface area contributed by atoms with Crippen LogP contribution in [0.25, 0.3) is 0 Å². The van der Waals surface area contributed by atoms with Crippen molar-refractivity contribution < 1.29 is 0 Å². The first kappa shape index (κ1) is 12.0. The number of rotatable bonds is 3. The Morgan fingerprint density at radius 2 is 2.00 bits per heavy atom. The molecule has 0 N–H and O–H groups in total. The van der Waals surface area contributed by atoms with E-state index in [4.69, 9.17) is 11.6 Å². The summed E-state index contributed by atoms with van der Waals surface area (Å²) in [5.41, 5.74) is 3.09. The van der Waals surface area contributed by atoms with Crippen molar-refractivity contribution in [3.8, 4) is 0 Å². The maximum absolute atomic E-state index is 6.13. The number of alkyl halides is 1. The predicted octanol–water partition coefficient (Wildman–Crippen LogP) is 1.37. The predicted molar refractivity (Wildman–Crippen MR) is 63.9 cm³/mol. The van der Waals surface area contributed by atoms with Crippen molar-refractivity contribution in [1.29, 1.82) is 0 Å². The molecule has 0 saturated carbocycles. The zero-order chi connectivity index (χ0) is 12.6. The summed E-state index contributed by atoms with van der Waals surface area (Å²) in [6.45, 7) is 6.43. The van der Waals surface area contributed by atoms with Crippen LogP contribution in [-0.4, -0.2) is 30.0 Å². The highest BCUT2D eigenvalue weighted by Gasteiger charge is 2.16. The van der Waals surface area contributed by atoms with Gasteiger partial charge in [0.25, 0.3) is 0 Å². The van der Waals surface area contributed by atoms with Crippen molar-refractivity contribution in [2.24, 2.45) is 7.05 Å². The smallest absolute Gasteiger partial charge is 0.196 e. The van der Waals surface area contributed by atoms with Gasteiger partial charge in [-0.05, 0) is 26.0 Å². The SMILES string of the molecule is Cc1nn(Cc2nnn(C)n2)c(C)c1C(C)Cl. The number of tetrazole rings is 1. The van der Waals surface area contributed by atoms with Gasteiger partial charge < -0.3 is 0 Å². The van der Waals surface area contributed by atoms with Gasteiger partial charge in [0.05, 0.1) is 18.1 Å². The maximum atomic E-state index is 6.13. The van der Waals surface area contributed by atoms with Crippen molar-refractivity contribution in [2.75, 3.05) is 0 Å². The van der Waals surface area contributed by atoms with Gasteiger partial charge in [-0.25, -0.2) is 0 Å². The standard InChI is InChI=1S/C10H15ClN6/c1-6(11)10-7(2)13-17(8(10)3)5-9-12-15-16(4)14-9/h6H,5H2,1-4H3. The molecule has 0 aliphatic rings. The molecule has 0 saturated heterocycles. The summed E-state index contributed by atoms with van der Waals surface area (Å²) in [5.74, 6) is 0.645. The van der Waals surface area contributed by atoms with E-state index in [0.717, 1.165) is 17.0 Å². The normalized spacial score (nSPS) is 13.0. The molecular formula is C10H15ClN6. The number of aryl methyl sites for hydroxylation is 2. The maximum Gasteiger partial charge on any atom is 0.196 e. The molecule has 0 bridgehead atoms. The summed E-state index contributed by atoms with van der Waals surface area (Å²) >= 11 is 6.13. The number of nitrogens with zero attached hydrogens (tertiary/aromatic N) is 6. The fourth-order valence-electron chi connectivity index (χ4n) is 1.96. The highest BCUT2D eigenvalue weighted by Crippen LogP contribution is 2.26. The van der Waals surface area contributed by atoms with E-state index < -0.39 is 0 Å². The van der Waals surface area contributed by atoms with Crippen LogP contribution in [0.3, 0.4) is 0 Å². The summed E-state index contributed by atoms with van der Waals surface area (Å²) in [4.78, 5) is 1.44. The van der Waals surface area contributed by atoms with Crippen LogP contribution in [-0.2, 0) is 13.6 Å². The van der Waals surface area contributed by atoms with Crippen molar-refractivity contribution in [3.05, 3.63) is 22.8 Å². The lowest BCUT2D eigenvalue weighted by molar-refractivity contribution is 0.610. The van der Waals surface area contributed by atoms with Crippen LogP contribution in [0, 0.1) is 13.8 Å². The van der Waals surface area contributed by atoms with Crippen LogP contribution in [0.15, 0.2) is 0 Å². The Labute approximate surface area is 105 Å². The molecule has 0 aromatic carbocycles. The molecule has 0 amide bonds. The molecule has 0 aliphatic carbocycles. The third-order valence-corrected chi connectivity index (χ3v) is 2.89. The summed E-state index contributed by atoms with van der Waals surface area (Å²) in [6, 6.07) is 0. The molecule has 0 radical (unpaired) electrons. The Balaban J connectivity index is 2.31. The van der Waals surface area contributed by atoms with Crippen molar-refractivity contribution in [1.82, 2.24) is 30.0 Å². The minimum Gasteiger partial charge on any atom is -0.261 e. The summed E-state index contributed by atoms with van der Waals surface area (Å²) < 4.78 is 1.86. The Hall–Kier alpha value is -1.43. The van der Waals surface area contributed by atoms with Crippen molar-refractivity contribution in [2.45, 2.75) is 32.7 Å². The van der Waals surface area contributed by atoms with E-state index in [2.05, 4.69) is 20.5 Å². The van der Waals surface area contributed by atoms with Crippen molar-refractivity contribution >= 4 is 11.6 Å². The minimum absolute atomic E-state index is 0.0430. The van der Waals surface area contributed by atoms with Gasteiger partial charge >= 0.3 is 0 Å². The fraction of sp³-hybridized carbons (Fsp3) is 0.600. The van der Waals surface area contributed by atoms with Crippen LogP contribution in [0.2, 0.25) is 0 Å². The molecule has 0 aliphatic heterocycles. The number of halogens is 1. The van der Waals surface area contributed by atoms with Gasteiger partial charge in [-0.1, -0.05) is 0 Å².